The molecule has 0 aliphatic rings. The summed E-state index contributed by atoms with van der Waals surface area (Å²) in [7, 11) is 1.66. The second-order valence-corrected chi connectivity index (χ2v) is 5.98. The quantitative estimate of drug-likeness (QED) is 0.778. The van der Waals surface area contributed by atoms with Crippen LogP contribution in [-0.2, 0) is 11.2 Å². The number of nitrogens with zero attached hydrogens (tertiary/aromatic N) is 2. The van der Waals surface area contributed by atoms with Crippen molar-refractivity contribution in [3.63, 3.8) is 0 Å². The largest absolute Gasteiger partial charge is 0.497 e. The fraction of sp³-hybridized carbons (Fsp3) is 0.389. The Hall–Kier alpha value is -2.63. The number of benzene rings is 1. The number of anilines is 2. The van der Waals surface area contributed by atoms with Crippen molar-refractivity contribution >= 4 is 17.5 Å². The summed E-state index contributed by atoms with van der Waals surface area (Å²) < 4.78 is 5.21. The van der Waals surface area contributed by atoms with Crippen LogP contribution in [0.2, 0.25) is 0 Å². The van der Waals surface area contributed by atoms with Gasteiger partial charge in [0.2, 0.25) is 5.91 Å². The molecule has 0 aliphatic carbocycles. The van der Waals surface area contributed by atoms with Gasteiger partial charge < -0.3 is 15.4 Å². The van der Waals surface area contributed by atoms with E-state index in [1.165, 1.54) is 5.56 Å². The normalized spacial score (nSPS) is 10.5. The van der Waals surface area contributed by atoms with Crippen LogP contribution in [0.15, 0.2) is 36.4 Å². The third kappa shape index (κ3) is 5.87. The highest BCUT2D eigenvalue weighted by molar-refractivity contribution is 5.89. The Morgan fingerprint density at radius 3 is 2.58 bits per heavy atom. The lowest BCUT2D eigenvalue weighted by Gasteiger charge is -2.08. The van der Waals surface area contributed by atoms with Crippen LogP contribution in [0.25, 0.3) is 0 Å². The van der Waals surface area contributed by atoms with Gasteiger partial charge in [-0.2, -0.15) is 0 Å². The average molecular weight is 328 g/mol. The second-order valence-electron chi connectivity index (χ2n) is 5.98. The third-order valence-electron chi connectivity index (χ3n) is 3.38. The highest BCUT2D eigenvalue weighted by Crippen LogP contribution is 2.13. The first kappa shape index (κ1) is 17.7. The Morgan fingerprint density at radius 1 is 1.17 bits per heavy atom. The summed E-state index contributed by atoms with van der Waals surface area (Å²) in [4.78, 5) is 11.7. The molecular formula is C18H24N4O2. The van der Waals surface area contributed by atoms with Gasteiger partial charge in [0.1, 0.15) is 11.6 Å². The lowest BCUT2D eigenvalue weighted by Crippen LogP contribution is -2.15. The summed E-state index contributed by atoms with van der Waals surface area (Å²) in [5.74, 6) is 2.28. The second kappa shape index (κ2) is 8.86. The van der Waals surface area contributed by atoms with Crippen molar-refractivity contribution in [3.8, 4) is 5.75 Å². The van der Waals surface area contributed by atoms with Gasteiger partial charge in [0, 0.05) is 13.0 Å². The van der Waals surface area contributed by atoms with Crippen molar-refractivity contribution in [2.24, 2.45) is 5.92 Å². The molecule has 0 saturated heterocycles. The maximum absolute atomic E-state index is 11.7. The van der Waals surface area contributed by atoms with E-state index in [2.05, 4.69) is 26.9 Å². The Bertz CT molecular complexity index is 656. The number of hydrogen-bond acceptors (Lipinski definition) is 5. The molecule has 0 aliphatic heterocycles. The van der Waals surface area contributed by atoms with Gasteiger partial charge in [-0.15, -0.1) is 10.2 Å². The van der Waals surface area contributed by atoms with E-state index in [1.54, 1.807) is 13.2 Å². The molecule has 1 aromatic carbocycles. The highest BCUT2D eigenvalue weighted by atomic mass is 16.5. The van der Waals surface area contributed by atoms with Gasteiger partial charge >= 0.3 is 0 Å². The van der Waals surface area contributed by atoms with E-state index in [4.69, 9.17) is 4.74 Å². The van der Waals surface area contributed by atoms with Gasteiger partial charge in [-0.25, -0.2) is 0 Å². The van der Waals surface area contributed by atoms with Crippen LogP contribution in [0.4, 0.5) is 11.6 Å². The molecule has 2 N–H and O–H groups in total. The molecule has 128 valence electrons. The van der Waals surface area contributed by atoms with E-state index < -0.39 is 0 Å². The van der Waals surface area contributed by atoms with Crippen molar-refractivity contribution < 1.29 is 9.53 Å². The lowest BCUT2D eigenvalue weighted by molar-refractivity contribution is -0.116. The van der Waals surface area contributed by atoms with Gasteiger partial charge in [0.15, 0.2) is 5.82 Å². The van der Waals surface area contributed by atoms with E-state index in [-0.39, 0.29) is 5.91 Å². The van der Waals surface area contributed by atoms with Crippen molar-refractivity contribution in [1.29, 1.82) is 0 Å². The first-order chi connectivity index (χ1) is 11.6. The van der Waals surface area contributed by atoms with Crippen LogP contribution in [0.3, 0.4) is 0 Å². The maximum atomic E-state index is 11.7. The molecule has 1 aromatic heterocycles. The molecule has 6 heteroatoms. The Balaban J connectivity index is 1.80. The molecule has 6 nitrogen and oxygen atoms in total. The summed E-state index contributed by atoms with van der Waals surface area (Å²) in [6.45, 7) is 4.74. The molecule has 0 radical (unpaired) electrons. The van der Waals surface area contributed by atoms with Gasteiger partial charge in [-0.1, -0.05) is 26.0 Å². The van der Waals surface area contributed by atoms with Crippen molar-refractivity contribution in [2.75, 3.05) is 24.3 Å². The summed E-state index contributed by atoms with van der Waals surface area (Å²) in [5.41, 5.74) is 1.19. The Morgan fingerprint density at radius 2 is 1.92 bits per heavy atom. The van der Waals surface area contributed by atoms with E-state index in [0.29, 0.717) is 24.0 Å². The van der Waals surface area contributed by atoms with Gasteiger partial charge in [-0.05, 0) is 42.2 Å². The summed E-state index contributed by atoms with van der Waals surface area (Å²) in [6.07, 6.45) is 1.33. The number of rotatable bonds is 8. The van der Waals surface area contributed by atoms with E-state index in [1.807, 2.05) is 38.1 Å². The smallest absolute Gasteiger partial charge is 0.225 e. The van der Waals surface area contributed by atoms with Crippen molar-refractivity contribution in [2.45, 2.75) is 26.7 Å². The Labute approximate surface area is 142 Å². The minimum atomic E-state index is -0.0435. The molecule has 0 fully saturated rings. The first-order valence-corrected chi connectivity index (χ1v) is 8.07. The van der Waals surface area contributed by atoms with E-state index in [9.17, 15) is 4.79 Å². The van der Waals surface area contributed by atoms with Crippen LogP contribution in [0.5, 0.6) is 5.75 Å². The molecule has 0 unspecified atom stereocenters. The topological polar surface area (TPSA) is 76.1 Å². The average Bonchev–Trinajstić information content (AvgIpc) is 2.56. The molecule has 1 heterocycles. The van der Waals surface area contributed by atoms with Crippen molar-refractivity contribution in [1.82, 2.24) is 10.2 Å². The zero-order valence-electron chi connectivity index (χ0n) is 14.4. The number of carbonyl (C=O) groups is 1. The fourth-order valence-corrected chi connectivity index (χ4v) is 2.22. The Kier molecular flexibility index (Phi) is 6.54. The standard InChI is InChI=1S/C18H24N4O2/c1-13(2)11-18(23)20-17-8-7-16(21-22-17)19-10-9-14-5-4-6-15(12-14)24-3/h4-8,12-13H,9-11H2,1-3H3,(H,19,21)(H,20,22,23). The van der Waals surface area contributed by atoms with Gasteiger partial charge in [0.05, 0.1) is 7.11 Å². The highest BCUT2D eigenvalue weighted by Gasteiger charge is 2.06. The van der Waals surface area contributed by atoms with Crippen LogP contribution in [0, 0.1) is 5.92 Å². The lowest BCUT2D eigenvalue weighted by atomic mass is 10.1. The van der Waals surface area contributed by atoms with E-state index in [0.717, 1.165) is 18.7 Å². The predicted octanol–water partition coefficient (Wildman–Crippen LogP) is 3.12. The van der Waals surface area contributed by atoms with Crippen LogP contribution < -0.4 is 15.4 Å². The first-order valence-electron chi connectivity index (χ1n) is 8.07. The molecule has 1 amide bonds. The van der Waals surface area contributed by atoms with Crippen LogP contribution in [-0.4, -0.2) is 29.8 Å². The molecule has 2 rings (SSSR count). The van der Waals surface area contributed by atoms with Gasteiger partial charge in [-0.3, -0.25) is 4.79 Å². The molecule has 0 saturated carbocycles. The summed E-state index contributed by atoms with van der Waals surface area (Å²) in [6, 6.07) is 11.5. The SMILES string of the molecule is COc1cccc(CCNc2ccc(NC(=O)CC(C)C)nn2)c1. The summed E-state index contributed by atoms with van der Waals surface area (Å²) in [5, 5.41) is 14.0. The summed E-state index contributed by atoms with van der Waals surface area (Å²) >= 11 is 0. The number of ether oxygens (including phenoxy) is 1. The van der Waals surface area contributed by atoms with Crippen LogP contribution >= 0.6 is 0 Å². The maximum Gasteiger partial charge on any atom is 0.225 e. The number of hydrogen-bond donors (Lipinski definition) is 2. The number of amides is 1. The van der Waals surface area contributed by atoms with Gasteiger partial charge in [0.25, 0.3) is 0 Å². The van der Waals surface area contributed by atoms with Crippen molar-refractivity contribution in [3.05, 3.63) is 42.0 Å². The predicted molar refractivity (Wildman–Crippen MR) is 95.3 cm³/mol. The number of aromatic nitrogens is 2. The minimum absolute atomic E-state index is 0.0435. The van der Waals surface area contributed by atoms with E-state index >= 15 is 0 Å². The molecule has 0 spiro atoms. The zero-order chi connectivity index (χ0) is 17.4. The molecule has 2 aromatic rings. The number of carbonyl (C=O) groups excluding carboxylic acids is 1. The monoisotopic (exact) mass is 328 g/mol. The molecule has 0 atom stereocenters. The fourth-order valence-electron chi connectivity index (χ4n) is 2.22. The molecular weight excluding hydrogens is 304 g/mol. The van der Waals surface area contributed by atoms with Crippen LogP contribution in [0.1, 0.15) is 25.8 Å². The number of methoxy groups -OCH3 is 1. The zero-order valence-corrected chi connectivity index (χ0v) is 14.4. The molecule has 0 bridgehead atoms. The molecule has 24 heavy (non-hydrogen) atoms. The number of nitrogens with one attached hydrogen (secondary N) is 2. The minimum Gasteiger partial charge on any atom is -0.497 e. The third-order valence-corrected chi connectivity index (χ3v) is 3.38.